The van der Waals surface area contributed by atoms with Gasteiger partial charge in [-0.3, -0.25) is 0 Å². The van der Waals surface area contributed by atoms with Gasteiger partial charge in [-0.2, -0.15) is 0 Å². The molecule has 0 radical (unpaired) electrons. The quantitative estimate of drug-likeness (QED) is 0.0549. The van der Waals surface area contributed by atoms with Crippen LogP contribution in [0.3, 0.4) is 0 Å². The van der Waals surface area contributed by atoms with Gasteiger partial charge in [0, 0.05) is 43.7 Å². The highest BCUT2D eigenvalue weighted by Crippen LogP contribution is 2.27. The molecule has 14 heteroatoms. The van der Waals surface area contributed by atoms with Gasteiger partial charge >= 0.3 is 0 Å². The lowest BCUT2D eigenvalue weighted by Gasteiger charge is -2.40. The van der Waals surface area contributed by atoms with Crippen LogP contribution < -0.4 is 33.6 Å². The Labute approximate surface area is 218 Å². The van der Waals surface area contributed by atoms with E-state index in [4.69, 9.17) is 37.1 Å². The lowest BCUT2D eigenvalue weighted by Crippen LogP contribution is -2.57. The van der Waals surface area contributed by atoms with Gasteiger partial charge in [-0.15, -0.1) is 0 Å². The molecule has 1 aliphatic heterocycles. The van der Waals surface area contributed by atoms with Crippen LogP contribution in [0.4, 0.5) is 0 Å². The van der Waals surface area contributed by atoms with Crippen LogP contribution in [0.25, 0.3) is 0 Å². The molecule has 2 aliphatic rings. The van der Waals surface area contributed by atoms with E-state index in [1.807, 2.05) is 0 Å². The number of rotatable bonds is 15. The molecule has 11 atom stereocenters. The van der Waals surface area contributed by atoms with Crippen molar-refractivity contribution >= 4 is 0 Å². The number of ether oxygens (including phenoxy) is 3. The summed E-state index contributed by atoms with van der Waals surface area (Å²) in [5.74, 6) is -0.424. The van der Waals surface area contributed by atoms with Crippen LogP contribution in [0.2, 0.25) is 0 Å². The summed E-state index contributed by atoms with van der Waals surface area (Å²) in [6.45, 7) is 1.02. The van der Waals surface area contributed by atoms with E-state index in [2.05, 4.69) is 10.6 Å². The lowest BCUT2D eigenvalue weighted by molar-refractivity contribution is -0.235. The number of hydrogen-bond acceptors (Lipinski definition) is 14. The highest BCUT2D eigenvalue weighted by Gasteiger charge is 2.41. The second-order valence-electron chi connectivity index (χ2n) is 9.91. The molecule has 0 bridgehead atoms. The van der Waals surface area contributed by atoms with Gasteiger partial charge < -0.3 is 73.3 Å². The van der Waals surface area contributed by atoms with Crippen LogP contribution in [-0.2, 0) is 14.2 Å². The van der Waals surface area contributed by atoms with Crippen molar-refractivity contribution < 1.29 is 39.7 Å². The summed E-state index contributed by atoms with van der Waals surface area (Å²) >= 11 is 0. The summed E-state index contributed by atoms with van der Waals surface area (Å²) in [6, 6.07) is -2.77. The van der Waals surface area contributed by atoms with Gasteiger partial charge in [0.2, 0.25) is 6.29 Å². The molecular formula is C23H48N6O8. The third-order valence-electron chi connectivity index (χ3n) is 6.89. The largest absolute Gasteiger partial charge is 0.481 e. The van der Waals surface area contributed by atoms with Crippen molar-refractivity contribution in [3.05, 3.63) is 12.0 Å². The van der Waals surface area contributed by atoms with Gasteiger partial charge in [0.25, 0.3) is 5.95 Å². The van der Waals surface area contributed by atoms with Crippen molar-refractivity contribution in [3.63, 3.8) is 0 Å². The fourth-order valence-corrected chi connectivity index (χ4v) is 4.68. The second kappa shape index (κ2) is 16.1. The Morgan fingerprint density at radius 2 is 1.89 bits per heavy atom. The highest BCUT2D eigenvalue weighted by molar-refractivity contribution is 4.96. The minimum absolute atomic E-state index is 0.0935. The Morgan fingerprint density at radius 1 is 1.16 bits per heavy atom. The van der Waals surface area contributed by atoms with Crippen LogP contribution in [-0.4, -0.2) is 119 Å². The minimum Gasteiger partial charge on any atom is -0.481 e. The van der Waals surface area contributed by atoms with E-state index in [0.29, 0.717) is 25.9 Å². The summed E-state index contributed by atoms with van der Waals surface area (Å²) in [7, 11) is 1.63. The molecule has 218 valence electrons. The average molecular weight is 537 g/mol. The van der Waals surface area contributed by atoms with Crippen LogP contribution in [0, 0.1) is 0 Å². The summed E-state index contributed by atoms with van der Waals surface area (Å²) < 4.78 is 17.2. The fraction of sp³-hybridized carbons (Fsp3) is 0.913. The molecule has 0 amide bonds. The first-order chi connectivity index (χ1) is 17.6. The molecule has 6 unspecified atom stereocenters. The van der Waals surface area contributed by atoms with Crippen molar-refractivity contribution in [2.24, 2.45) is 22.9 Å². The summed E-state index contributed by atoms with van der Waals surface area (Å²) in [6.07, 6.45) is -1.93. The molecule has 14 nitrogen and oxygen atoms in total. The predicted octanol–water partition coefficient (Wildman–Crippen LogP) is -3.61. The molecule has 37 heavy (non-hydrogen) atoms. The number of nitrogens with one attached hydrogen (secondary N) is 2. The first-order valence-corrected chi connectivity index (χ1v) is 13.0. The number of hydrogen-bond donors (Lipinski definition) is 11. The van der Waals surface area contributed by atoms with E-state index < -0.39 is 67.1 Å². The molecule has 1 aliphatic carbocycles. The molecule has 0 spiro atoms. The standard InChI is InChI=1S/C23H48N6O8/c1-28-21-18(32)9-13(8-16(27)22(34)36-19-11-17(31)14(25)10-15(19)26)35-23(21)37-20(33)7-12(3-6-30)29-5-2-4-24/h7,12-19,21-23,28-34H,2-6,8-11,24-27H2,1H3/b20-7+/t12-,13+,14-,15?,16?,17?,18?,19+,21?,22-,23?/m1/s1. The van der Waals surface area contributed by atoms with E-state index >= 15 is 0 Å². The van der Waals surface area contributed by atoms with E-state index in [0.717, 1.165) is 6.42 Å². The maximum absolute atomic E-state index is 10.7. The molecule has 1 heterocycles. The Balaban J connectivity index is 1.96. The van der Waals surface area contributed by atoms with Gasteiger partial charge in [-0.1, -0.05) is 0 Å². The topological polar surface area (TPSA) is 257 Å². The van der Waals surface area contributed by atoms with E-state index in [1.54, 1.807) is 7.05 Å². The third kappa shape index (κ3) is 10.2. The number of nitrogens with two attached hydrogens (primary N) is 4. The van der Waals surface area contributed by atoms with Crippen molar-refractivity contribution in [2.75, 3.05) is 26.7 Å². The van der Waals surface area contributed by atoms with Crippen molar-refractivity contribution in [3.8, 4) is 0 Å². The van der Waals surface area contributed by atoms with Crippen molar-refractivity contribution in [1.29, 1.82) is 0 Å². The van der Waals surface area contributed by atoms with E-state index in [-0.39, 0.29) is 31.9 Å². The van der Waals surface area contributed by atoms with Gasteiger partial charge in [-0.25, -0.2) is 0 Å². The first kappa shape index (κ1) is 32.1. The molecule has 2 rings (SSSR count). The van der Waals surface area contributed by atoms with Crippen LogP contribution >= 0.6 is 0 Å². The van der Waals surface area contributed by atoms with Gasteiger partial charge in [0.05, 0.1) is 36.5 Å². The maximum atomic E-state index is 10.7. The van der Waals surface area contributed by atoms with Crippen LogP contribution in [0.15, 0.2) is 12.0 Å². The normalized spacial score (nSPS) is 35.6. The molecule has 1 saturated heterocycles. The zero-order valence-corrected chi connectivity index (χ0v) is 21.6. The van der Waals surface area contributed by atoms with Crippen LogP contribution in [0.5, 0.6) is 0 Å². The average Bonchev–Trinajstić information content (AvgIpc) is 2.82. The predicted molar refractivity (Wildman–Crippen MR) is 136 cm³/mol. The SMILES string of the molecule is CNC1C(O)C[C@H](CC(N)[C@H](O)O[C@H]2CC(O)[C@H](N)CC2N)OC1O/C(O)=C/[C@@H](CCO)NCCCN. The molecule has 15 N–H and O–H groups in total. The number of likely N-dealkylation sites (N-methyl/N-ethyl adjacent to an activating group) is 1. The third-order valence-corrected chi connectivity index (χ3v) is 6.89. The maximum Gasteiger partial charge on any atom is 0.276 e. The first-order valence-electron chi connectivity index (χ1n) is 13.0. The van der Waals surface area contributed by atoms with Crippen LogP contribution in [0.1, 0.15) is 38.5 Å². The lowest BCUT2D eigenvalue weighted by atomic mass is 9.87. The van der Waals surface area contributed by atoms with Crippen molar-refractivity contribution in [1.82, 2.24) is 10.6 Å². The number of aliphatic hydroxyl groups is 5. The Kier molecular flexibility index (Phi) is 13.9. The van der Waals surface area contributed by atoms with Crippen molar-refractivity contribution in [2.45, 2.75) is 106 Å². The molecule has 0 aromatic carbocycles. The molecule has 0 aromatic rings. The Morgan fingerprint density at radius 3 is 2.54 bits per heavy atom. The minimum atomic E-state index is -1.38. The molecule has 0 aromatic heterocycles. The van der Waals surface area contributed by atoms with Gasteiger partial charge in [0.1, 0.15) is 0 Å². The monoisotopic (exact) mass is 536 g/mol. The molecular weight excluding hydrogens is 488 g/mol. The summed E-state index contributed by atoms with van der Waals surface area (Å²) in [5, 5.41) is 57.0. The zero-order chi connectivity index (χ0) is 27.5. The van der Waals surface area contributed by atoms with E-state index in [1.165, 1.54) is 6.08 Å². The summed E-state index contributed by atoms with van der Waals surface area (Å²) in [4.78, 5) is 0. The Hall–Kier alpha value is -1.14. The molecule has 2 fully saturated rings. The molecule has 1 saturated carbocycles. The Bertz CT molecular complexity index is 679. The highest BCUT2D eigenvalue weighted by atomic mass is 16.7. The summed E-state index contributed by atoms with van der Waals surface area (Å²) in [5.41, 5.74) is 23.6. The zero-order valence-electron chi connectivity index (χ0n) is 21.6. The smallest absolute Gasteiger partial charge is 0.276 e. The second-order valence-corrected chi connectivity index (χ2v) is 9.91. The van der Waals surface area contributed by atoms with Gasteiger partial charge in [0.15, 0.2) is 6.29 Å². The fourth-order valence-electron chi connectivity index (χ4n) is 4.68. The van der Waals surface area contributed by atoms with E-state index in [9.17, 15) is 25.5 Å². The number of aliphatic hydroxyl groups excluding tert-OH is 5. The van der Waals surface area contributed by atoms with Gasteiger partial charge in [-0.05, 0) is 45.8 Å².